The standard InChI is InChI=1S/C14H20O/c1-11(2)10-12-6-8-13(9-7-12)15-14(3,4)5/h6-9H,1,10H2,2-5H3. The number of hydrogen-bond acceptors (Lipinski definition) is 1. The molecule has 82 valence electrons. The molecule has 0 aliphatic rings. The summed E-state index contributed by atoms with van der Waals surface area (Å²) in [6.07, 6.45) is 0.940. The van der Waals surface area contributed by atoms with Gasteiger partial charge in [-0.1, -0.05) is 24.3 Å². The zero-order valence-corrected chi connectivity index (χ0v) is 10.1. The van der Waals surface area contributed by atoms with Crippen molar-refractivity contribution in [2.45, 2.75) is 39.7 Å². The van der Waals surface area contributed by atoms with Crippen molar-refractivity contribution in [1.29, 1.82) is 0 Å². The third kappa shape index (κ3) is 4.68. The number of hydrogen-bond donors (Lipinski definition) is 0. The Morgan fingerprint density at radius 3 is 2.13 bits per heavy atom. The molecule has 0 aliphatic heterocycles. The van der Waals surface area contributed by atoms with E-state index in [-0.39, 0.29) is 5.60 Å². The van der Waals surface area contributed by atoms with E-state index in [0.29, 0.717) is 0 Å². The highest BCUT2D eigenvalue weighted by molar-refractivity contribution is 5.29. The lowest BCUT2D eigenvalue weighted by atomic mass is 10.1. The summed E-state index contributed by atoms with van der Waals surface area (Å²) in [6.45, 7) is 12.1. The summed E-state index contributed by atoms with van der Waals surface area (Å²) < 4.78 is 5.74. The van der Waals surface area contributed by atoms with E-state index in [1.165, 1.54) is 11.1 Å². The van der Waals surface area contributed by atoms with Gasteiger partial charge in [0, 0.05) is 0 Å². The van der Waals surface area contributed by atoms with Crippen LogP contribution in [-0.4, -0.2) is 5.60 Å². The Balaban J connectivity index is 2.68. The summed E-state index contributed by atoms with van der Waals surface area (Å²) in [4.78, 5) is 0. The zero-order valence-electron chi connectivity index (χ0n) is 10.1. The Labute approximate surface area is 92.8 Å². The highest BCUT2D eigenvalue weighted by Crippen LogP contribution is 2.19. The molecular formula is C14H20O. The first-order valence-electron chi connectivity index (χ1n) is 5.29. The number of ether oxygens (including phenoxy) is 1. The first kappa shape index (κ1) is 11.8. The summed E-state index contributed by atoms with van der Waals surface area (Å²) in [5, 5.41) is 0. The topological polar surface area (TPSA) is 9.23 Å². The molecule has 0 bridgehead atoms. The van der Waals surface area contributed by atoms with Gasteiger partial charge in [-0.3, -0.25) is 0 Å². The van der Waals surface area contributed by atoms with Gasteiger partial charge in [-0.2, -0.15) is 0 Å². The van der Waals surface area contributed by atoms with E-state index in [2.05, 4.69) is 39.5 Å². The minimum absolute atomic E-state index is 0.129. The molecule has 1 heteroatoms. The van der Waals surface area contributed by atoms with Gasteiger partial charge in [-0.05, 0) is 51.8 Å². The molecule has 1 nitrogen and oxygen atoms in total. The maximum Gasteiger partial charge on any atom is 0.120 e. The molecule has 1 aromatic carbocycles. The van der Waals surface area contributed by atoms with Crippen LogP contribution in [-0.2, 0) is 6.42 Å². The van der Waals surface area contributed by atoms with Crippen molar-refractivity contribution in [3.63, 3.8) is 0 Å². The Bertz CT molecular complexity index is 327. The van der Waals surface area contributed by atoms with Gasteiger partial charge in [-0.15, -0.1) is 0 Å². The van der Waals surface area contributed by atoms with Crippen LogP contribution in [0.3, 0.4) is 0 Å². The molecule has 0 aliphatic carbocycles. The minimum atomic E-state index is -0.129. The fourth-order valence-electron chi connectivity index (χ4n) is 1.38. The van der Waals surface area contributed by atoms with E-state index in [0.717, 1.165) is 12.2 Å². The second kappa shape index (κ2) is 4.52. The second-order valence-corrected chi connectivity index (χ2v) is 4.99. The maximum atomic E-state index is 5.74. The van der Waals surface area contributed by atoms with E-state index >= 15 is 0 Å². The van der Waals surface area contributed by atoms with Crippen LogP contribution < -0.4 is 4.74 Å². The molecular weight excluding hydrogens is 184 g/mol. The van der Waals surface area contributed by atoms with Crippen LogP contribution in [0.5, 0.6) is 5.75 Å². The maximum absolute atomic E-state index is 5.74. The summed E-state index contributed by atoms with van der Waals surface area (Å²) in [5.41, 5.74) is 2.33. The van der Waals surface area contributed by atoms with Gasteiger partial charge in [0.15, 0.2) is 0 Å². The van der Waals surface area contributed by atoms with Gasteiger partial charge < -0.3 is 4.74 Å². The van der Waals surface area contributed by atoms with E-state index in [9.17, 15) is 0 Å². The molecule has 0 amide bonds. The third-order valence-electron chi connectivity index (χ3n) is 1.85. The second-order valence-electron chi connectivity index (χ2n) is 4.99. The largest absolute Gasteiger partial charge is 0.488 e. The molecule has 1 aromatic rings. The van der Waals surface area contributed by atoms with Gasteiger partial charge >= 0.3 is 0 Å². The van der Waals surface area contributed by atoms with Gasteiger partial charge in [-0.25, -0.2) is 0 Å². The Morgan fingerprint density at radius 1 is 1.20 bits per heavy atom. The predicted octanol–water partition coefficient (Wildman–Crippen LogP) is 3.98. The highest BCUT2D eigenvalue weighted by atomic mass is 16.5. The molecule has 15 heavy (non-hydrogen) atoms. The van der Waals surface area contributed by atoms with Crippen molar-refractivity contribution < 1.29 is 4.74 Å². The van der Waals surface area contributed by atoms with Crippen LogP contribution >= 0.6 is 0 Å². The molecule has 0 fully saturated rings. The first-order valence-corrected chi connectivity index (χ1v) is 5.29. The molecule has 1 rings (SSSR count). The van der Waals surface area contributed by atoms with Gasteiger partial charge in [0.2, 0.25) is 0 Å². The van der Waals surface area contributed by atoms with Crippen molar-refractivity contribution in [3.8, 4) is 5.75 Å². The summed E-state index contributed by atoms with van der Waals surface area (Å²) in [7, 11) is 0. The molecule has 0 unspecified atom stereocenters. The number of rotatable bonds is 3. The average Bonchev–Trinajstić information content (AvgIpc) is 2.05. The van der Waals surface area contributed by atoms with Crippen molar-refractivity contribution in [3.05, 3.63) is 42.0 Å². The van der Waals surface area contributed by atoms with Crippen molar-refractivity contribution in [1.82, 2.24) is 0 Å². The SMILES string of the molecule is C=C(C)Cc1ccc(OC(C)(C)C)cc1. The van der Waals surface area contributed by atoms with Crippen LogP contribution in [0.2, 0.25) is 0 Å². The van der Waals surface area contributed by atoms with Crippen LogP contribution in [0.4, 0.5) is 0 Å². The van der Waals surface area contributed by atoms with E-state index in [1.54, 1.807) is 0 Å². The molecule has 0 saturated carbocycles. The Kier molecular flexibility index (Phi) is 3.57. The average molecular weight is 204 g/mol. The van der Waals surface area contributed by atoms with Gasteiger partial charge in [0.1, 0.15) is 11.4 Å². The lowest BCUT2D eigenvalue weighted by molar-refractivity contribution is 0.131. The highest BCUT2D eigenvalue weighted by Gasteiger charge is 2.11. The van der Waals surface area contributed by atoms with Crippen LogP contribution in [0.25, 0.3) is 0 Å². The third-order valence-corrected chi connectivity index (χ3v) is 1.85. The fraction of sp³-hybridized carbons (Fsp3) is 0.429. The molecule has 0 aromatic heterocycles. The Morgan fingerprint density at radius 2 is 1.73 bits per heavy atom. The first-order chi connectivity index (χ1) is 6.87. The van der Waals surface area contributed by atoms with Gasteiger partial charge in [0.05, 0.1) is 0 Å². The minimum Gasteiger partial charge on any atom is -0.488 e. The summed E-state index contributed by atoms with van der Waals surface area (Å²) in [5.74, 6) is 0.924. The molecule has 0 atom stereocenters. The lowest BCUT2D eigenvalue weighted by Crippen LogP contribution is -2.22. The van der Waals surface area contributed by atoms with Crippen LogP contribution in [0, 0.1) is 0 Å². The van der Waals surface area contributed by atoms with E-state index in [1.807, 2.05) is 19.1 Å². The summed E-state index contributed by atoms with van der Waals surface area (Å²) in [6, 6.07) is 8.22. The number of benzene rings is 1. The van der Waals surface area contributed by atoms with E-state index in [4.69, 9.17) is 4.74 Å². The van der Waals surface area contributed by atoms with Crippen molar-refractivity contribution in [2.75, 3.05) is 0 Å². The molecule has 0 saturated heterocycles. The normalized spacial score (nSPS) is 11.2. The molecule has 0 radical (unpaired) electrons. The van der Waals surface area contributed by atoms with E-state index < -0.39 is 0 Å². The predicted molar refractivity (Wildman–Crippen MR) is 65.3 cm³/mol. The van der Waals surface area contributed by atoms with Crippen LogP contribution in [0.1, 0.15) is 33.3 Å². The molecule has 0 N–H and O–H groups in total. The smallest absolute Gasteiger partial charge is 0.120 e. The monoisotopic (exact) mass is 204 g/mol. The lowest BCUT2D eigenvalue weighted by Gasteiger charge is -2.21. The quantitative estimate of drug-likeness (QED) is 0.677. The molecule has 0 spiro atoms. The van der Waals surface area contributed by atoms with Crippen molar-refractivity contribution in [2.24, 2.45) is 0 Å². The fourth-order valence-corrected chi connectivity index (χ4v) is 1.38. The van der Waals surface area contributed by atoms with Gasteiger partial charge in [0.25, 0.3) is 0 Å². The number of allylic oxidation sites excluding steroid dienone is 1. The van der Waals surface area contributed by atoms with Crippen molar-refractivity contribution >= 4 is 0 Å². The Hall–Kier alpha value is -1.24. The molecule has 0 heterocycles. The summed E-state index contributed by atoms with van der Waals surface area (Å²) >= 11 is 0. The zero-order chi connectivity index (χ0) is 11.5. The van der Waals surface area contributed by atoms with Crippen LogP contribution in [0.15, 0.2) is 36.4 Å².